The molecular formula is C16H17ClFNO2. The number of hydrogen-bond donors (Lipinski definition) is 2. The van der Waals surface area contributed by atoms with Gasteiger partial charge in [0.2, 0.25) is 0 Å². The van der Waals surface area contributed by atoms with Gasteiger partial charge in [-0.2, -0.15) is 0 Å². The van der Waals surface area contributed by atoms with E-state index in [4.69, 9.17) is 5.11 Å². The van der Waals surface area contributed by atoms with E-state index in [2.05, 4.69) is 5.32 Å². The predicted octanol–water partition coefficient (Wildman–Crippen LogP) is 3.28. The molecule has 0 radical (unpaired) electrons. The summed E-state index contributed by atoms with van der Waals surface area (Å²) < 4.78 is 12.7. The van der Waals surface area contributed by atoms with Gasteiger partial charge in [-0.25, -0.2) is 9.18 Å². The first-order valence-corrected chi connectivity index (χ1v) is 6.43. The van der Waals surface area contributed by atoms with Crippen LogP contribution >= 0.6 is 12.4 Å². The number of carbonyl (C=O) groups is 1. The Bertz CT molecular complexity index is 587. The van der Waals surface area contributed by atoms with Crippen LogP contribution in [0.3, 0.4) is 0 Å². The number of carboxylic acids is 1. The normalized spacial score (nSPS) is 9.95. The van der Waals surface area contributed by atoms with Crippen LogP contribution in [-0.4, -0.2) is 17.6 Å². The van der Waals surface area contributed by atoms with Crippen molar-refractivity contribution in [3.05, 3.63) is 71.0 Å². The summed E-state index contributed by atoms with van der Waals surface area (Å²) in [4.78, 5) is 11.0. The number of aromatic carboxylic acids is 1. The summed E-state index contributed by atoms with van der Waals surface area (Å²) in [6, 6.07) is 13.3. The largest absolute Gasteiger partial charge is 0.478 e. The zero-order chi connectivity index (χ0) is 14.4. The second-order valence-corrected chi connectivity index (χ2v) is 4.52. The van der Waals surface area contributed by atoms with E-state index in [1.54, 1.807) is 30.3 Å². The minimum Gasteiger partial charge on any atom is -0.478 e. The minimum atomic E-state index is -0.916. The standard InChI is InChI=1S/C16H16FNO2.ClH/c17-14-7-5-12(6-8-14)9-10-18-11-13-3-1-2-4-15(13)16(19)20;/h1-8,18H,9-11H2,(H,19,20);1H. The van der Waals surface area contributed by atoms with Gasteiger partial charge < -0.3 is 10.4 Å². The molecule has 0 aliphatic rings. The molecule has 2 aromatic rings. The molecule has 0 saturated heterocycles. The fourth-order valence-corrected chi connectivity index (χ4v) is 1.99. The van der Waals surface area contributed by atoms with Crippen molar-refractivity contribution in [2.45, 2.75) is 13.0 Å². The third-order valence-electron chi connectivity index (χ3n) is 3.07. The van der Waals surface area contributed by atoms with Crippen LogP contribution in [-0.2, 0) is 13.0 Å². The summed E-state index contributed by atoms with van der Waals surface area (Å²) in [7, 11) is 0. The van der Waals surface area contributed by atoms with E-state index in [1.165, 1.54) is 12.1 Å². The lowest BCUT2D eigenvalue weighted by Gasteiger charge is -2.08. The number of rotatable bonds is 6. The summed E-state index contributed by atoms with van der Waals surface area (Å²) in [6.07, 6.45) is 0.773. The van der Waals surface area contributed by atoms with Crippen LogP contribution in [0.1, 0.15) is 21.5 Å². The summed E-state index contributed by atoms with van der Waals surface area (Å²) in [5.74, 6) is -1.15. The van der Waals surface area contributed by atoms with Crippen LogP contribution in [0.5, 0.6) is 0 Å². The van der Waals surface area contributed by atoms with E-state index in [-0.39, 0.29) is 18.2 Å². The molecule has 0 amide bonds. The molecule has 2 N–H and O–H groups in total. The van der Waals surface area contributed by atoms with Crippen LogP contribution in [0.25, 0.3) is 0 Å². The first-order valence-electron chi connectivity index (χ1n) is 6.43. The molecule has 0 spiro atoms. The number of benzene rings is 2. The molecule has 21 heavy (non-hydrogen) atoms. The van der Waals surface area contributed by atoms with Gasteiger partial charge in [-0.05, 0) is 42.3 Å². The highest BCUT2D eigenvalue weighted by atomic mass is 35.5. The monoisotopic (exact) mass is 309 g/mol. The minimum absolute atomic E-state index is 0. The van der Waals surface area contributed by atoms with E-state index in [0.29, 0.717) is 18.7 Å². The molecule has 2 rings (SSSR count). The third kappa shape index (κ3) is 5.17. The average molecular weight is 310 g/mol. The lowest BCUT2D eigenvalue weighted by atomic mass is 10.1. The van der Waals surface area contributed by atoms with Crippen LogP contribution in [0.15, 0.2) is 48.5 Å². The number of hydrogen-bond acceptors (Lipinski definition) is 2. The first kappa shape index (κ1) is 17.1. The SMILES string of the molecule is Cl.O=C(O)c1ccccc1CNCCc1ccc(F)cc1. The zero-order valence-corrected chi connectivity index (χ0v) is 12.2. The number of carboxylic acid groups (broad SMARTS) is 1. The topological polar surface area (TPSA) is 49.3 Å². The molecule has 0 aromatic heterocycles. The van der Waals surface area contributed by atoms with Gasteiger partial charge in [0.25, 0.3) is 0 Å². The summed E-state index contributed by atoms with van der Waals surface area (Å²) in [5.41, 5.74) is 2.13. The molecule has 0 heterocycles. The van der Waals surface area contributed by atoms with Crippen molar-refractivity contribution >= 4 is 18.4 Å². The Morgan fingerprint density at radius 2 is 1.76 bits per heavy atom. The van der Waals surface area contributed by atoms with Gasteiger partial charge in [0.05, 0.1) is 5.56 Å². The quantitative estimate of drug-likeness (QED) is 0.805. The van der Waals surface area contributed by atoms with Gasteiger partial charge in [-0.3, -0.25) is 0 Å². The smallest absolute Gasteiger partial charge is 0.336 e. The van der Waals surface area contributed by atoms with Gasteiger partial charge >= 0.3 is 5.97 Å². The average Bonchev–Trinajstić information content (AvgIpc) is 2.46. The molecule has 0 saturated carbocycles. The Morgan fingerprint density at radius 3 is 2.43 bits per heavy atom. The van der Waals surface area contributed by atoms with Crippen molar-refractivity contribution in [3.8, 4) is 0 Å². The Labute approximate surface area is 129 Å². The number of halogens is 2. The van der Waals surface area contributed by atoms with E-state index >= 15 is 0 Å². The van der Waals surface area contributed by atoms with Crippen molar-refractivity contribution in [1.82, 2.24) is 5.32 Å². The third-order valence-corrected chi connectivity index (χ3v) is 3.07. The molecule has 0 aliphatic heterocycles. The fraction of sp³-hybridized carbons (Fsp3) is 0.188. The Hall–Kier alpha value is -1.91. The second-order valence-electron chi connectivity index (χ2n) is 4.52. The van der Waals surface area contributed by atoms with Crippen LogP contribution in [0.2, 0.25) is 0 Å². The fourth-order valence-electron chi connectivity index (χ4n) is 1.99. The second kappa shape index (κ2) is 8.39. The van der Waals surface area contributed by atoms with Crippen LogP contribution in [0, 0.1) is 5.82 Å². The molecule has 0 unspecified atom stereocenters. The summed E-state index contributed by atoms with van der Waals surface area (Å²) in [6.45, 7) is 1.21. The highest BCUT2D eigenvalue weighted by Crippen LogP contribution is 2.08. The molecule has 0 atom stereocenters. The molecular weight excluding hydrogens is 293 g/mol. The highest BCUT2D eigenvalue weighted by molar-refractivity contribution is 5.89. The van der Waals surface area contributed by atoms with Crippen molar-refractivity contribution in [3.63, 3.8) is 0 Å². The molecule has 0 bridgehead atoms. The van der Waals surface area contributed by atoms with Gasteiger partial charge in [-0.15, -0.1) is 12.4 Å². The lowest BCUT2D eigenvalue weighted by Crippen LogP contribution is -2.18. The molecule has 2 aromatic carbocycles. The summed E-state index contributed by atoms with van der Waals surface area (Å²) >= 11 is 0. The summed E-state index contributed by atoms with van der Waals surface area (Å²) in [5, 5.41) is 12.3. The first-order chi connectivity index (χ1) is 9.66. The van der Waals surface area contributed by atoms with Crippen molar-refractivity contribution in [2.75, 3.05) is 6.54 Å². The maximum atomic E-state index is 12.7. The van der Waals surface area contributed by atoms with Crippen LogP contribution < -0.4 is 5.32 Å². The van der Waals surface area contributed by atoms with Gasteiger partial charge in [0.1, 0.15) is 5.82 Å². The maximum Gasteiger partial charge on any atom is 0.336 e. The van der Waals surface area contributed by atoms with Crippen molar-refractivity contribution in [2.24, 2.45) is 0 Å². The molecule has 5 heteroatoms. The van der Waals surface area contributed by atoms with E-state index < -0.39 is 5.97 Å². The predicted molar refractivity (Wildman–Crippen MR) is 82.5 cm³/mol. The Balaban J connectivity index is 0.00000220. The maximum absolute atomic E-state index is 12.7. The zero-order valence-electron chi connectivity index (χ0n) is 11.4. The van der Waals surface area contributed by atoms with Gasteiger partial charge in [-0.1, -0.05) is 30.3 Å². The van der Waals surface area contributed by atoms with E-state index in [0.717, 1.165) is 17.5 Å². The van der Waals surface area contributed by atoms with Gasteiger partial charge in [0.15, 0.2) is 0 Å². The molecule has 0 aliphatic carbocycles. The number of nitrogens with one attached hydrogen (secondary N) is 1. The van der Waals surface area contributed by atoms with Gasteiger partial charge in [0, 0.05) is 6.54 Å². The van der Waals surface area contributed by atoms with E-state index in [1.807, 2.05) is 6.07 Å². The van der Waals surface area contributed by atoms with E-state index in [9.17, 15) is 9.18 Å². The molecule has 0 fully saturated rings. The highest BCUT2D eigenvalue weighted by Gasteiger charge is 2.07. The van der Waals surface area contributed by atoms with Crippen molar-refractivity contribution < 1.29 is 14.3 Å². The molecule has 3 nitrogen and oxygen atoms in total. The van der Waals surface area contributed by atoms with Crippen molar-refractivity contribution in [1.29, 1.82) is 0 Å². The van der Waals surface area contributed by atoms with Crippen LogP contribution in [0.4, 0.5) is 4.39 Å². The molecule has 112 valence electrons. The lowest BCUT2D eigenvalue weighted by molar-refractivity contribution is 0.0695. The Kier molecular flexibility index (Phi) is 6.85. The Morgan fingerprint density at radius 1 is 1.10 bits per heavy atom.